The largest absolute Gasteiger partial charge is 0.338 e. The summed E-state index contributed by atoms with van der Waals surface area (Å²) in [5.74, 6) is -0.0193. The first-order chi connectivity index (χ1) is 12.1. The number of rotatable bonds is 4. The molecule has 1 aliphatic rings. The van der Waals surface area contributed by atoms with Crippen LogP contribution in [0.4, 0.5) is 0 Å². The highest BCUT2D eigenvalue weighted by atomic mass is 79.9. The summed E-state index contributed by atoms with van der Waals surface area (Å²) in [6.45, 7) is 2.88. The minimum Gasteiger partial charge on any atom is -0.338 e. The lowest BCUT2D eigenvalue weighted by Crippen LogP contribution is -2.46. The fraction of sp³-hybridized carbons (Fsp3) is 0.421. The van der Waals surface area contributed by atoms with Gasteiger partial charge in [-0.25, -0.2) is 4.68 Å². The summed E-state index contributed by atoms with van der Waals surface area (Å²) in [6.07, 6.45) is 4.19. The number of benzene rings is 1. The Labute approximate surface area is 155 Å². The number of carbonyl (C=O) groups excluding carboxylic acids is 1. The van der Waals surface area contributed by atoms with E-state index in [0.29, 0.717) is 5.69 Å². The number of aromatic nitrogens is 2. The SMILES string of the molecule is CC[C@H]1CCCCN1C(=O)Cn1nc(-c2ccc(Br)cc2)ccc1=O. The maximum Gasteiger partial charge on any atom is 0.267 e. The maximum atomic E-state index is 12.7. The van der Waals surface area contributed by atoms with Gasteiger partial charge in [-0.2, -0.15) is 5.10 Å². The average molecular weight is 404 g/mol. The van der Waals surface area contributed by atoms with Crippen LogP contribution < -0.4 is 5.56 Å². The quantitative estimate of drug-likeness (QED) is 0.784. The zero-order valence-electron chi connectivity index (χ0n) is 14.3. The summed E-state index contributed by atoms with van der Waals surface area (Å²) >= 11 is 3.41. The lowest BCUT2D eigenvalue weighted by molar-refractivity contribution is -0.135. The van der Waals surface area contributed by atoms with Crippen molar-refractivity contribution in [1.29, 1.82) is 0 Å². The molecule has 0 N–H and O–H groups in total. The lowest BCUT2D eigenvalue weighted by atomic mass is 10.00. The Morgan fingerprint density at radius 3 is 2.68 bits per heavy atom. The third kappa shape index (κ3) is 4.18. The van der Waals surface area contributed by atoms with Gasteiger partial charge in [0.1, 0.15) is 6.54 Å². The van der Waals surface area contributed by atoms with Crippen molar-refractivity contribution in [2.24, 2.45) is 0 Å². The molecule has 0 aliphatic carbocycles. The molecule has 5 nitrogen and oxygen atoms in total. The Morgan fingerprint density at radius 1 is 1.20 bits per heavy atom. The summed E-state index contributed by atoms with van der Waals surface area (Å²) in [6, 6.07) is 11.2. The third-order valence-corrected chi connectivity index (χ3v) is 5.24. The molecule has 2 aromatic rings. The summed E-state index contributed by atoms with van der Waals surface area (Å²) in [5.41, 5.74) is 1.35. The zero-order valence-corrected chi connectivity index (χ0v) is 15.9. The number of piperidine rings is 1. The molecule has 0 radical (unpaired) electrons. The first-order valence-corrected chi connectivity index (χ1v) is 9.51. The molecule has 0 bridgehead atoms. The Balaban J connectivity index is 1.82. The van der Waals surface area contributed by atoms with E-state index in [1.807, 2.05) is 29.2 Å². The summed E-state index contributed by atoms with van der Waals surface area (Å²) < 4.78 is 2.26. The van der Waals surface area contributed by atoms with E-state index in [4.69, 9.17) is 0 Å². The molecule has 132 valence electrons. The van der Waals surface area contributed by atoms with Gasteiger partial charge in [-0.05, 0) is 43.9 Å². The van der Waals surface area contributed by atoms with Crippen molar-refractivity contribution in [2.45, 2.75) is 45.2 Å². The van der Waals surface area contributed by atoms with Crippen LogP contribution in [0.3, 0.4) is 0 Å². The van der Waals surface area contributed by atoms with Crippen molar-refractivity contribution in [3.63, 3.8) is 0 Å². The monoisotopic (exact) mass is 403 g/mol. The Hall–Kier alpha value is -1.95. The van der Waals surface area contributed by atoms with E-state index < -0.39 is 0 Å². The lowest BCUT2D eigenvalue weighted by Gasteiger charge is -2.35. The van der Waals surface area contributed by atoms with Crippen molar-refractivity contribution in [2.75, 3.05) is 6.54 Å². The molecule has 25 heavy (non-hydrogen) atoms. The number of likely N-dealkylation sites (tertiary alicyclic amines) is 1. The van der Waals surface area contributed by atoms with Crippen molar-refractivity contribution < 1.29 is 4.79 Å². The van der Waals surface area contributed by atoms with Gasteiger partial charge < -0.3 is 4.90 Å². The predicted octanol–water partition coefficient (Wildman–Crippen LogP) is 3.46. The van der Waals surface area contributed by atoms with E-state index in [0.717, 1.165) is 35.8 Å². The van der Waals surface area contributed by atoms with Crippen molar-refractivity contribution in [1.82, 2.24) is 14.7 Å². The number of hydrogen-bond donors (Lipinski definition) is 0. The van der Waals surface area contributed by atoms with Crippen molar-refractivity contribution in [3.05, 3.63) is 51.2 Å². The molecule has 1 fully saturated rings. The highest BCUT2D eigenvalue weighted by Crippen LogP contribution is 2.21. The number of nitrogens with zero attached hydrogens (tertiary/aromatic N) is 3. The van der Waals surface area contributed by atoms with E-state index >= 15 is 0 Å². The minimum atomic E-state index is -0.251. The average Bonchev–Trinajstić information content (AvgIpc) is 2.64. The van der Waals surface area contributed by atoms with Gasteiger partial charge in [0.25, 0.3) is 5.56 Å². The second-order valence-corrected chi connectivity index (χ2v) is 7.28. The summed E-state index contributed by atoms with van der Waals surface area (Å²) in [7, 11) is 0. The summed E-state index contributed by atoms with van der Waals surface area (Å²) in [5, 5.41) is 4.40. The van der Waals surface area contributed by atoms with Gasteiger partial charge in [0.2, 0.25) is 5.91 Å². The molecule has 0 spiro atoms. The molecule has 0 saturated carbocycles. The van der Waals surface area contributed by atoms with E-state index in [2.05, 4.69) is 28.0 Å². The molecule has 1 aromatic carbocycles. The van der Waals surface area contributed by atoms with E-state index in [9.17, 15) is 9.59 Å². The molecular formula is C19H22BrN3O2. The van der Waals surface area contributed by atoms with Crippen LogP contribution in [0.15, 0.2) is 45.7 Å². The van der Waals surface area contributed by atoms with E-state index in [1.54, 1.807) is 6.07 Å². The van der Waals surface area contributed by atoms with Crippen molar-refractivity contribution in [3.8, 4) is 11.3 Å². The Kier molecular flexibility index (Phi) is 5.68. The minimum absolute atomic E-state index is 0.000296. The zero-order chi connectivity index (χ0) is 17.8. The van der Waals surface area contributed by atoms with Gasteiger partial charge in [-0.3, -0.25) is 9.59 Å². The molecule has 1 saturated heterocycles. The van der Waals surface area contributed by atoms with Crippen LogP contribution in [0.1, 0.15) is 32.6 Å². The van der Waals surface area contributed by atoms with Crippen molar-refractivity contribution >= 4 is 21.8 Å². The van der Waals surface area contributed by atoms with Gasteiger partial charge in [0.05, 0.1) is 5.69 Å². The first-order valence-electron chi connectivity index (χ1n) is 8.72. The Bertz CT molecular complexity index is 801. The fourth-order valence-electron chi connectivity index (χ4n) is 3.31. The molecule has 3 rings (SSSR count). The molecular weight excluding hydrogens is 382 g/mol. The van der Waals surface area contributed by atoms with Gasteiger partial charge in [-0.15, -0.1) is 0 Å². The normalized spacial score (nSPS) is 17.5. The van der Waals surface area contributed by atoms with Crippen LogP contribution in [0.5, 0.6) is 0 Å². The molecule has 6 heteroatoms. The topological polar surface area (TPSA) is 55.2 Å². The molecule has 1 amide bonds. The smallest absolute Gasteiger partial charge is 0.267 e. The third-order valence-electron chi connectivity index (χ3n) is 4.71. The number of halogens is 1. The van der Waals surface area contributed by atoms with Gasteiger partial charge in [0.15, 0.2) is 0 Å². The number of carbonyl (C=O) groups is 1. The number of amides is 1. The van der Waals surface area contributed by atoms with Crippen LogP contribution in [-0.4, -0.2) is 33.2 Å². The van der Waals surface area contributed by atoms with Crippen LogP contribution in [-0.2, 0) is 11.3 Å². The maximum absolute atomic E-state index is 12.7. The Morgan fingerprint density at radius 2 is 1.96 bits per heavy atom. The van der Waals surface area contributed by atoms with Gasteiger partial charge in [-0.1, -0.05) is 35.0 Å². The first kappa shape index (κ1) is 17.9. The highest BCUT2D eigenvalue weighted by molar-refractivity contribution is 9.10. The van der Waals surface area contributed by atoms with E-state index in [1.165, 1.54) is 17.2 Å². The molecule has 1 aromatic heterocycles. The molecule has 1 atom stereocenters. The van der Waals surface area contributed by atoms with Crippen LogP contribution >= 0.6 is 15.9 Å². The second-order valence-electron chi connectivity index (χ2n) is 6.37. The molecule has 2 heterocycles. The standard InChI is InChI=1S/C19H22BrN3O2/c1-2-16-5-3-4-12-22(16)19(25)13-23-18(24)11-10-17(21-23)14-6-8-15(20)9-7-14/h6-11,16H,2-5,12-13H2,1H3/t16-/m0/s1. The van der Waals surface area contributed by atoms with Gasteiger partial charge in [0, 0.05) is 28.7 Å². The van der Waals surface area contributed by atoms with Crippen LogP contribution in [0.25, 0.3) is 11.3 Å². The fourth-order valence-corrected chi connectivity index (χ4v) is 3.57. The highest BCUT2D eigenvalue weighted by Gasteiger charge is 2.25. The predicted molar refractivity (Wildman–Crippen MR) is 101 cm³/mol. The molecule has 1 aliphatic heterocycles. The number of hydrogen-bond acceptors (Lipinski definition) is 3. The van der Waals surface area contributed by atoms with Crippen LogP contribution in [0.2, 0.25) is 0 Å². The van der Waals surface area contributed by atoms with Crippen LogP contribution in [0, 0.1) is 0 Å². The van der Waals surface area contributed by atoms with Gasteiger partial charge >= 0.3 is 0 Å². The molecule has 0 unspecified atom stereocenters. The second kappa shape index (κ2) is 7.95. The van der Waals surface area contributed by atoms with E-state index in [-0.39, 0.29) is 24.1 Å². The summed E-state index contributed by atoms with van der Waals surface area (Å²) in [4.78, 5) is 26.8.